The molecule has 138 heavy (non-hydrogen) atoms. The summed E-state index contributed by atoms with van der Waals surface area (Å²) >= 11 is 0. The highest BCUT2D eigenvalue weighted by Crippen LogP contribution is 2.52. The number of hydrogen-bond acceptors (Lipinski definition) is 0. The quantitative estimate of drug-likeness (QED) is 0.107. The Morgan fingerprint density at radius 1 is 0.0725 bits per heavy atom. The van der Waals surface area contributed by atoms with Crippen LogP contribution in [-0.4, -0.2) is 0 Å². The second-order valence-corrected chi connectivity index (χ2v) is 36.2. The molecule has 0 aromatic heterocycles. The van der Waals surface area contributed by atoms with Gasteiger partial charge >= 0.3 is 0 Å². The highest BCUT2D eigenvalue weighted by atomic mass is 14.3. The van der Waals surface area contributed by atoms with Crippen LogP contribution in [0.15, 0.2) is 546 Å². The van der Waals surface area contributed by atoms with Gasteiger partial charge in [-0.05, 0) is 299 Å². The van der Waals surface area contributed by atoms with Gasteiger partial charge in [0.25, 0.3) is 0 Å². The van der Waals surface area contributed by atoms with Gasteiger partial charge in [0.05, 0.1) is 0 Å². The fraction of sp³-hybridized carbons (Fsp3) is 0. The summed E-state index contributed by atoms with van der Waals surface area (Å²) < 4.78 is 0. The summed E-state index contributed by atoms with van der Waals surface area (Å²) in [7, 11) is 0. The molecule has 0 heterocycles. The molecule has 0 bridgehead atoms. The van der Waals surface area contributed by atoms with E-state index in [1.54, 1.807) is 0 Å². The Balaban J connectivity index is 0.000000110. The predicted molar refractivity (Wildman–Crippen MR) is 595 cm³/mol. The molecule has 27 aromatic rings. The lowest BCUT2D eigenvalue weighted by atomic mass is 9.83. The van der Waals surface area contributed by atoms with Crippen molar-refractivity contribution < 1.29 is 0 Å². The summed E-state index contributed by atoms with van der Waals surface area (Å²) in [5.41, 5.74) is 29.8. The molecule has 0 aliphatic rings. The minimum atomic E-state index is 1.22. The summed E-state index contributed by atoms with van der Waals surface area (Å²) in [6, 6.07) is 200. The summed E-state index contributed by atoms with van der Waals surface area (Å²) in [6.45, 7) is 0. The van der Waals surface area contributed by atoms with Gasteiger partial charge < -0.3 is 0 Å². The van der Waals surface area contributed by atoms with Crippen LogP contribution in [-0.2, 0) is 0 Å². The van der Waals surface area contributed by atoms with E-state index in [0.717, 1.165) is 0 Å². The Bertz CT molecular complexity index is 8890. The van der Waals surface area contributed by atoms with Crippen molar-refractivity contribution in [2.45, 2.75) is 0 Å². The molecule has 0 atom stereocenters. The van der Waals surface area contributed by atoms with Crippen molar-refractivity contribution in [3.63, 3.8) is 0 Å². The topological polar surface area (TPSA) is 0 Å². The van der Waals surface area contributed by atoms with Gasteiger partial charge in [-0.15, -0.1) is 0 Å². The van der Waals surface area contributed by atoms with Crippen molar-refractivity contribution >= 4 is 129 Å². The molecule has 0 saturated heterocycles. The van der Waals surface area contributed by atoms with Crippen LogP contribution in [0.5, 0.6) is 0 Å². The first kappa shape index (κ1) is 82.0. The van der Waals surface area contributed by atoms with E-state index < -0.39 is 0 Å². The van der Waals surface area contributed by atoms with Crippen LogP contribution in [0.2, 0.25) is 0 Å². The van der Waals surface area contributed by atoms with E-state index in [2.05, 4.69) is 546 Å². The number of hydrogen-bond donors (Lipinski definition) is 0. The molecule has 27 rings (SSSR count). The first-order valence-corrected chi connectivity index (χ1v) is 47.8. The Morgan fingerprint density at radius 3 is 0.514 bits per heavy atom. The summed E-state index contributed by atoms with van der Waals surface area (Å²) in [4.78, 5) is 0. The minimum absolute atomic E-state index is 1.22. The molecular formula is C138H90. The molecule has 0 unspecified atom stereocenters. The maximum absolute atomic E-state index is 2.39. The SMILES string of the molecule is c1cc(-c2ccc3ccccc3c2)cc(-c2c(-c3cccc(-c4ccc5ccccc5c4)c3)c3ccccc3c3ccccc23)c1.c1cc(-c2cccc3ccccc23)cc(-c2c(-c3cccc(-c4cccc5ccccc45)c3)c3ccccc3c3ccccc23)c1.c1ccc2c(-c3ccc(-c4c(-c5ccc(-c6cccc7ccccc67)cc5)c5ccccc5c5ccccc45)cc3)cccc2c1. The van der Waals surface area contributed by atoms with Crippen LogP contribution >= 0.6 is 0 Å². The molecule has 0 saturated carbocycles. The van der Waals surface area contributed by atoms with Crippen LogP contribution < -0.4 is 0 Å². The fourth-order valence-corrected chi connectivity index (χ4v) is 21.9. The van der Waals surface area contributed by atoms with Gasteiger partial charge in [0.1, 0.15) is 0 Å². The third kappa shape index (κ3) is 15.0. The van der Waals surface area contributed by atoms with Crippen molar-refractivity contribution in [2.75, 3.05) is 0 Å². The fourth-order valence-electron chi connectivity index (χ4n) is 21.9. The van der Waals surface area contributed by atoms with Crippen molar-refractivity contribution in [1.82, 2.24) is 0 Å². The largest absolute Gasteiger partial charge is 0.0616 e. The smallest absolute Gasteiger partial charge is 0.00201 e. The zero-order chi connectivity index (χ0) is 91.4. The predicted octanol–water partition coefficient (Wildman–Crippen LogP) is 38.9. The Morgan fingerprint density at radius 2 is 0.239 bits per heavy atom. The number of fused-ring (bicyclic) bond motifs is 15. The molecule has 0 aliphatic carbocycles. The molecule has 0 aliphatic heterocycles. The Labute approximate surface area is 802 Å². The van der Waals surface area contributed by atoms with Crippen molar-refractivity contribution in [3.8, 4) is 134 Å². The second kappa shape index (κ2) is 35.5. The van der Waals surface area contributed by atoms with Crippen molar-refractivity contribution in [2.24, 2.45) is 0 Å². The first-order chi connectivity index (χ1) is 68.5. The van der Waals surface area contributed by atoms with Gasteiger partial charge in [-0.25, -0.2) is 0 Å². The highest BCUT2D eigenvalue weighted by Gasteiger charge is 2.24. The molecule has 0 N–H and O–H groups in total. The second-order valence-electron chi connectivity index (χ2n) is 36.2. The molecule has 0 spiro atoms. The Hall–Kier alpha value is -17.9. The van der Waals surface area contributed by atoms with Gasteiger partial charge in [-0.3, -0.25) is 0 Å². The minimum Gasteiger partial charge on any atom is -0.0616 e. The normalized spacial score (nSPS) is 11.5. The highest BCUT2D eigenvalue weighted by molar-refractivity contribution is 6.25. The van der Waals surface area contributed by atoms with E-state index in [4.69, 9.17) is 0 Å². The van der Waals surface area contributed by atoms with Crippen LogP contribution in [0.1, 0.15) is 0 Å². The van der Waals surface area contributed by atoms with E-state index in [1.807, 2.05) is 0 Å². The first-order valence-electron chi connectivity index (χ1n) is 47.8. The van der Waals surface area contributed by atoms with Crippen LogP contribution in [0.25, 0.3) is 263 Å². The van der Waals surface area contributed by atoms with Crippen LogP contribution in [0, 0.1) is 0 Å². The standard InChI is InChI=1S/3C46H30/c1-3-21-37-31(13-1)15-11-27-39(37)33-17-9-19-35(29-33)45-43-25-7-5-23-41(43)42-24-6-8-26-44(42)46(45)36-20-10-18-34(30-36)40-28-12-16-32-14-2-4-22-38(32)40;1-3-15-37-31(11-1)13-9-21-39(37)33-23-27-35(28-24-33)45-43-19-7-5-17-41(43)42-18-6-8-20-44(42)46(45)36-29-25-34(26-30-36)40-22-10-14-32-12-2-4-16-38(32)40;1-3-13-33-27-37(25-23-31(33)11-1)35-15-9-17-39(29-35)45-43-21-7-5-19-41(43)42-20-6-8-22-44(42)46(45)40-18-10-16-36(30-40)38-26-24-32-12-2-4-14-34(32)28-38/h3*1-30H. The lowest BCUT2D eigenvalue weighted by molar-refractivity contribution is 1.60. The average Bonchev–Trinajstić information content (AvgIpc) is 0.736. The van der Waals surface area contributed by atoms with Crippen LogP contribution in [0.3, 0.4) is 0 Å². The van der Waals surface area contributed by atoms with Gasteiger partial charge in [-0.2, -0.15) is 0 Å². The molecular weight excluding hydrogens is 1660 g/mol. The number of rotatable bonds is 12. The summed E-state index contributed by atoms with van der Waals surface area (Å²) in [5, 5.41) is 30.4. The third-order valence-electron chi connectivity index (χ3n) is 28.3. The van der Waals surface area contributed by atoms with E-state index in [1.165, 1.54) is 263 Å². The number of benzene rings is 27. The van der Waals surface area contributed by atoms with E-state index in [-0.39, 0.29) is 0 Å². The molecule has 27 aromatic carbocycles. The lowest BCUT2D eigenvalue weighted by Crippen LogP contribution is -1.93. The molecule has 642 valence electrons. The lowest BCUT2D eigenvalue weighted by Gasteiger charge is -2.20. The van der Waals surface area contributed by atoms with E-state index in [9.17, 15) is 0 Å². The average molecular weight is 1750 g/mol. The van der Waals surface area contributed by atoms with Gasteiger partial charge in [0.2, 0.25) is 0 Å². The van der Waals surface area contributed by atoms with E-state index in [0.29, 0.717) is 0 Å². The molecule has 0 nitrogen and oxygen atoms in total. The summed E-state index contributed by atoms with van der Waals surface area (Å²) in [5.74, 6) is 0. The summed E-state index contributed by atoms with van der Waals surface area (Å²) in [6.07, 6.45) is 0. The zero-order valence-corrected chi connectivity index (χ0v) is 76.0. The van der Waals surface area contributed by atoms with Crippen molar-refractivity contribution in [3.05, 3.63) is 546 Å². The molecule has 0 radical (unpaired) electrons. The zero-order valence-electron chi connectivity index (χ0n) is 76.0. The van der Waals surface area contributed by atoms with Gasteiger partial charge in [-0.1, -0.05) is 510 Å². The van der Waals surface area contributed by atoms with Gasteiger partial charge in [0, 0.05) is 0 Å². The molecule has 0 fully saturated rings. The molecule has 0 heteroatoms. The van der Waals surface area contributed by atoms with E-state index >= 15 is 0 Å². The molecule has 0 amide bonds. The van der Waals surface area contributed by atoms with Gasteiger partial charge in [0.15, 0.2) is 0 Å². The Kier molecular flexibility index (Phi) is 21.1. The maximum atomic E-state index is 2.39. The maximum Gasteiger partial charge on any atom is -0.00201 e. The van der Waals surface area contributed by atoms with Crippen molar-refractivity contribution in [1.29, 1.82) is 0 Å². The monoisotopic (exact) mass is 1750 g/mol. The third-order valence-corrected chi connectivity index (χ3v) is 28.3. The van der Waals surface area contributed by atoms with Crippen LogP contribution in [0.4, 0.5) is 0 Å².